The summed E-state index contributed by atoms with van der Waals surface area (Å²) in [5, 5.41) is 51.8. The summed E-state index contributed by atoms with van der Waals surface area (Å²) in [6.45, 7) is 16.2. The number of allylic oxidation sites excluding steroid dienone is 2. The summed E-state index contributed by atoms with van der Waals surface area (Å²) in [6.07, 6.45) is 6.95. The van der Waals surface area contributed by atoms with Crippen LogP contribution in [0.2, 0.25) is 0 Å². The third-order valence-electron chi connectivity index (χ3n) is 14.3. The molecule has 0 aromatic heterocycles. The average molecular weight is 619 g/mol. The average Bonchev–Trinajstić information content (AvgIpc) is 3.35. The lowest BCUT2D eigenvalue weighted by Crippen LogP contribution is -2.66. The standard InChI is InChI=1S/C36H58O8/c1-20(2)16-22(38)17-21(3)23-10-12-34(7)25-11-13-36-26(35(25,19-42-36)15-14-33(23,34)6)8-9-27(32(36,4)5)44-31-30(41)29(40)28(39)24(18-37)43-31/h11,13,16,21-31,37-41H,8-10,12,14-15,17-19H2,1-7H3/t21-,22+,23-,24-,25+,26+,27+,28-,29+,30-,31+,33-,34+,35+,36-/m1/s1. The van der Waals surface area contributed by atoms with Crippen molar-refractivity contribution in [1.29, 1.82) is 0 Å². The Hall–Kier alpha value is -0.840. The van der Waals surface area contributed by atoms with Crippen molar-refractivity contribution in [1.82, 2.24) is 0 Å². The van der Waals surface area contributed by atoms with E-state index >= 15 is 0 Å². The van der Waals surface area contributed by atoms with Crippen LogP contribution in [0, 0.1) is 45.3 Å². The van der Waals surface area contributed by atoms with Gasteiger partial charge in [-0.3, -0.25) is 0 Å². The molecule has 2 bridgehead atoms. The predicted molar refractivity (Wildman–Crippen MR) is 166 cm³/mol. The van der Waals surface area contributed by atoms with E-state index in [1.165, 1.54) is 24.8 Å². The van der Waals surface area contributed by atoms with Crippen molar-refractivity contribution in [2.45, 2.75) is 142 Å². The molecule has 2 aliphatic heterocycles. The Morgan fingerprint density at radius 2 is 1.70 bits per heavy atom. The van der Waals surface area contributed by atoms with E-state index in [4.69, 9.17) is 14.2 Å². The van der Waals surface area contributed by atoms with Crippen molar-refractivity contribution < 1.29 is 39.7 Å². The molecule has 44 heavy (non-hydrogen) atoms. The molecule has 6 aliphatic rings. The SMILES string of the molecule is CC(C)=C[C@H](O)C[C@@H](C)[C@H]1CC[C@@]2(C)[C@@H]3C=C[C@@]45OC[C@]3(CC[C@]12C)[C@@H]4CC[C@H](O[C@@H]1O[C@H](CO)[C@@H](O)[C@H](O)[C@H]1O)C5(C)C. The first-order chi connectivity index (χ1) is 20.6. The highest BCUT2D eigenvalue weighted by Gasteiger charge is 2.75. The van der Waals surface area contributed by atoms with Crippen LogP contribution < -0.4 is 0 Å². The Balaban J connectivity index is 1.26. The van der Waals surface area contributed by atoms with E-state index in [0.29, 0.717) is 23.7 Å². The zero-order valence-corrected chi connectivity index (χ0v) is 27.9. The molecule has 1 spiro atoms. The Morgan fingerprint density at radius 1 is 0.977 bits per heavy atom. The molecule has 15 atom stereocenters. The summed E-state index contributed by atoms with van der Waals surface area (Å²) in [7, 11) is 0. The molecular weight excluding hydrogens is 560 g/mol. The monoisotopic (exact) mass is 618 g/mol. The van der Waals surface area contributed by atoms with Gasteiger partial charge < -0.3 is 39.7 Å². The van der Waals surface area contributed by atoms with Gasteiger partial charge in [-0.15, -0.1) is 0 Å². The van der Waals surface area contributed by atoms with Gasteiger partial charge in [-0.05, 0) is 87.4 Å². The van der Waals surface area contributed by atoms with E-state index in [1.54, 1.807) is 0 Å². The maximum atomic E-state index is 10.8. The van der Waals surface area contributed by atoms with Gasteiger partial charge in [-0.25, -0.2) is 0 Å². The van der Waals surface area contributed by atoms with Gasteiger partial charge in [0.1, 0.15) is 24.4 Å². The van der Waals surface area contributed by atoms with Gasteiger partial charge in [0.15, 0.2) is 6.29 Å². The highest BCUT2D eigenvalue weighted by molar-refractivity contribution is 5.33. The second kappa shape index (κ2) is 11.1. The zero-order chi connectivity index (χ0) is 32.0. The number of hydrogen-bond donors (Lipinski definition) is 5. The fourth-order valence-corrected chi connectivity index (χ4v) is 11.8. The van der Waals surface area contributed by atoms with Crippen LogP contribution in [-0.2, 0) is 14.2 Å². The van der Waals surface area contributed by atoms with Crippen LogP contribution in [0.15, 0.2) is 23.8 Å². The first-order valence-electron chi connectivity index (χ1n) is 17.2. The molecule has 8 nitrogen and oxygen atoms in total. The lowest BCUT2D eigenvalue weighted by Gasteiger charge is -2.65. The normalized spacial score (nSPS) is 52.0. The number of rotatable bonds is 7. The summed E-state index contributed by atoms with van der Waals surface area (Å²) in [4.78, 5) is 0. The third kappa shape index (κ3) is 4.45. The fraction of sp³-hybridized carbons (Fsp3) is 0.889. The maximum Gasteiger partial charge on any atom is 0.186 e. The van der Waals surface area contributed by atoms with E-state index in [2.05, 4.69) is 60.6 Å². The first-order valence-corrected chi connectivity index (χ1v) is 17.2. The van der Waals surface area contributed by atoms with Crippen LogP contribution in [0.1, 0.15) is 93.4 Å². The molecule has 2 heterocycles. The topological polar surface area (TPSA) is 129 Å². The minimum absolute atomic E-state index is 0.0636. The molecule has 6 rings (SSSR count). The molecule has 0 amide bonds. The third-order valence-corrected chi connectivity index (χ3v) is 14.3. The summed E-state index contributed by atoms with van der Waals surface area (Å²) in [6, 6.07) is 0. The van der Waals surface area contributed by atoms with Gasteiger partial charge in [0.2, 0.25) is 0 Å². The van der Waals surface area contributed by atoms with Gasteiger partial charge in [-0.2, -0.15) is 0 Å². The minimum atomic E-state index is -1.46. The second-order valence-electron chi connectivity index (χ2n) is 16.8. The number of aliphatic hydroxyl groups is 5. The predicted octanol–water partition coefficient (Wildman–Crippen LogP) is 4.12. The largest absolute Gasteiger partial charge is 0.394 e. The van der Waals surface area contributed by atoms with Crippen LogP contribution in [0.3, 0.4) is 0 Å². The van der Waals surface area contributed by atoms with Crippen LogP contribution in [0.25, 0.3) is 0 Å². The summed E-state index contributed by atoms with van der Waals surface area (Å²) < 4.78 is 19.2. The van der Waals surface area contributed by atoms with Gasteiger partial charge in [0.05, 0.1) is 31.0 Å². The highest BCUT2D eigenvalue weighted by atomic mass is 16.7. The van der Waals surface area contributed by atoms with Crippen LogP contribution in [0.5, 0.6) is 0 Å². The molecule has 8 heteroatoms. The molecular formula is C36H58O8. The highest BCUT2D eigenvalue weighted by Crippen LogP contribution is 2.77. The first kappa shape index (κ1) is 33.1. The van der Waals surface area contributed by atoms with Crippen LogP contribution in [-0.4, -0.2) is 87.3 Å². The van der Waals surface area contributed by atoms with Crippen molar-refractivity contribution >= 4 is 0 Å². The quantitative estimate of drug-likeness (QED) is 0.270. The van der Waals surface area contributed by atoms with Crippen molar-refractivity contribution in [3.8, 4) is 0 Å². The van der Waals surface area contributed by atoms with Crippen molar-refractivity contribution in [3.05, 3.63) is 23.8 Å². The van der Waals surface area contributed by atoms with E-state index in [1.807, 2.05) is 6.08 Å². The molecule has 0 unspecified atom stereocenters. The number of ether oxygens (including phenoxy) is 3. The maximum absolute atomic E-state index is 10.8. The summed E-state index contributed by atoms with van der Waals surface area (Å²) in [5.41, 5.74) is 0.614. The molecule has 0 radical (unpaired) electrons. The van der Waals surface area contributed by atoms with Gasteiger partial charge >= 0.3 is 0 Å². The van der Waals surface area contributed by atoms with Gasteiger partial charge in [-0.1, -0.05) is 58.4 Å². The van der Waals surface area contributed by atoms with Crippen molar-refractivity contribution in [2.24, 2.45) is 45.3 Å². The van der Waals surface area contributed by atoms with Crippen LogP contribution in [0.4, 0.5) is 0 Å². The summed E-state index contributed by atoms with van der Waals surface area (Å²) in [5.74, 6) is 1.80. The molecule has 0 aromatic carbocycles. The minimum Gasteiger partial charge on any atom is -0.394 e. The molecule has 5 fully saturated rings. The smallest absolute Gasteiger partial charge is 0.186 e. The van der Waals surface area contributed by atoms with Gasteiger partial charge in [0, 0.05) is 16.7 Å². The molecule has 4 aliphatic carbocycles. The van der Waals surface area contributed by atoms with E-state index < -0.39 is 48.3 Å². The Kier molecular flexibility index (Phi) is 8.36. The van der Waals surface area contributed by atoms with Crippen molar-refractivity contribution in [2.75, 3.05) is 13.2 Å². The van der Waals surface area contributed by atoms with Crippen molar-refractivity contribution in [3.63, 3.8) is 0 Å². The van der Waals surface area contributed by atoms with E-state index in [-0.39, 0.29) is 28.5 Å². The molecule has 5 N–H and O–H groups in total. The lowest BCUT2D eigenvalue weighted by atomic mass is 9.38. The van der Waals surface area contributed by atoms with Gasteiger partial charge in [0.25, 0.3) is 0 Å². The summed E-state index contributed by atoms with van der Waals surface area (Å²) >= 11 is 0. The van der Waals surface area contributed by atoms with Crippen LogP contribution >= 0.6 is 0 Å². The number of aliphatic hydroxyl groups excluding tert-OH is 5. The molecule has 0 aromatic rings. The second-order valence-corrected chi connectivity index (χ2v) is 16.8. The van der Waals surface area contributed by atoms with E-state index in [9.17, 15) is 25.5 Å². The Bertz CT molecular complexity index is 1150. The number of hydrogen-bond acceptors (Lipinski definition) is 8. The zero-order valence-electron chi connectivity index (χ0n) is 27.9. The number of fused-ring (bicyclic) bond motifs is 2. The Morgan fingerprint density at radius 3 is 2.39 bits per heavy atom. The lowest BCUT2D eigenvalue weighted by molar-refractivity contribution is -0.329. The molecule has 3 saturated carbocycles. The molecule has 250 valence electrons. The molecule has 2 saturated heterocycles. The fourth-order valence-electron chi connectivity index (χ4n) is 11.8. The van der Waals surface area contributed by atoms with E-state index in [0.717, 1.165) is 32.3 Å². The Labute approximate surface area is 263 Å².